The van der Waals surface area contributed by atoms with Crippen LogP contribution in [0.5, 0.6) is 0 Å². The number of rotatable bonds is 8. The lowest BCUT2D eigenvalue weighted by Crippen LogP contribution is -2.25. The Morgan fingerprint density at radius 2 is 2.18 bits per heavy atom. The summed E-state index contributed by atoms with van der Waals surface area (Å²) in [4.78, 5) is 1.41. The fourth-order valence-electron chi connectivity index (χ4n) is 1.99. The molecule has 17 heavy (non-hydrogen) atoms. The van der Waals surface area contributed by atoms with E-state index in [9.17, 15) is 0 Å². The van der Waals surface area contributed by atoms with Crippen molar-refractivity contribution in [1.29, 1.82) is 0 Å². The first kappa shape index (κ1) is 15.2. The van der Waals surface area contributed by atoms with Crippen molar-refractivity contribution in [3.63, 3.8) is 0 Å². The molecule has 0 fully saturated rings. The molecule has 0 aliphatic heterocycles. The first-order chi connectivity index (χ1) is 8.19. The second kappa shape index (κ2) is 8.28. The quantitative estimate of drug-likeness (QED) is 0.679. The van der Waals surface area contributed by atoms with Crippen LogP contribution in [0.3, 0.4) is 0 Å². The molecule has 0 spiro atoms. The molecule has 1 N–H and O–H groups in total. The number of nitrogens with one attached hydrogen (secondary N) is 1. The number of hydrogen-bond acceptors (Lipinski definition) is 2. The molecule has 1 rings (SSSR count). The zero-order valence-electron chi connectivity index (χ0n) is 11.1. The van der Waals surface area contributed by atoms with E-state index in [1.165, 1.54) is 35.0 Å². The van der Waals surface area contributed by atoms with E-state index in [1.54, 1.807) is 0 Å². The lowest BCUT2D eigenvalue weighted by Gasteiger charge is -2.19. The highest BCUT2D eigenvalue weighted by atomic mass is 79.9. The van der Waals surface area contributed by atoms with E-state index in [-0.39, 0.29) is 0 Å². The number of halogens is 1. The van der Waals surface area contributed by atoms with Gasteiger partial charge in [0.05, 0.1) is 0 Å². The molecule has 1 heterocycles. The van der Waals surface area contributed by atoms with Gasteiger partial charge in [-0.2, -0.15) is 0 Å². The van der Waals surface area contributed by atoms with Gasteiger partial charge in [-0.1, -0.05) is 33.1 Å². The van der Waals surface area contributed by atoms with Crippen LogP contribution in [0.2, 0.25) is 0 Å². The highest BCUT2D eigenvalue weighted by Crippen LogP contribution is 2.28. The zero-order chi connectivity index (χ0) is 12.7. The van der Waals surface area contributed by atoms with Crippen molar-refractivity contribution in [2.75, 3.05) is 6.54 Å². The summed E-state index contributed by atoms with van der Waals surface area (Å²) in [6.07, 6.45) is 5.31. The van der Waals surface area contributed by atoms with E-state index >= 15 is 0 Å². The van der Waals surface area contributed by atoms with Crippen molar-refractivity contribution in [3.8, 4) is 0 Å². The lowest BCUT2D eigenvalue weighted by molar-refractivity contribution is 0.400. The Bertz CT molecular complexity index is 311. The van der Waals surface area contributed by atoms with E-state index in [4.69, 9.17) is 0 Å². The largest absolute Gasteiger partial charge is 0.309 e. The van der Waals surface area contributed by atoms with Crippen LogP contribution >= 0.6 is 27.3 Å². The van der Waals surface area contributed by atoms with E-state index < -0.39 is 0 Å². The molecule has 2 atom stereocenters. The predicted octanol–water partition coefficient (Wildman–Crippen LogP) is 5.38. The predicted molar refractivity (Wildman–Crippen MR) is 81.7 cm³/mol. The fraction of sp³-hybridized carbons (Fsp3) is 0.714. The molecule has 0 saturated carbocycles. The minimum atomic E-state index is 0.458. The third kappa shape index (κ3) is 5.11. The second-order valence-electron chi connectivity index (χ2n) is 4.68. The van der Waals surface area contributed by atoms with Gasteiger partial charge in [-0.3, -0.25) is 0 Å². The maximum atomic E-state index is 3.67. The molecule has 0 saturated heterocycles. The summed E-state index contributed by atoms with van der Waals surface area (Å²) in [5.41, 5.74) is 0. The van der Waals surface area contributed by atoms with Crippen molar-refractivity contribution in [2.45, 2.75) is 52.5 Å². The minimum Gasteiger partial charge on any atom is -0.309 e. The average molecular weight is 318 g/mol. The summed E-state index contributed by atoms with van der Waals surface area (Å²) < 4.78 is 1.24. The first-order valence-electron chi connectivity index (χ1n) is 6.65. The van der Waals surface area contributed by atoms with Crippen LogP contribution in [-0.4, -0.2) is 6.54 Å². The highest BCUT2D eigenvalue weighted by molar-refractivity contribution is 9.10. The van der Waals surface area contributed by atoms with Crippen LogP contribution < -0.4 is 5.32 Å². The Kier molecular flexibility index (Phi) is 7.40. The molecular weight excluding hydrogens is 294 g/mol. The summed E-state index contributed by atoms with van der Waals surface area (Å²) in [6.45, 7) is 7.96. The third-order valence-electron chi connectivity index (χ3n) is 3.29. The van der Waals surface area contributed by atoms with Crippen LogP contribution in [0.4, 0.5) is 0 Å². The van der Waals surface area contributed by atoms with E-state index in [2.05, 4.69) is 53.5 Å². The molecule has 1 aromatic heterocycles. The van der Waals surface area contributed by atoms with Crippen LogP contribution in [0.25, 0.3) is 0 Å². The van der Waals surface area contributed by atoms with Gasteiger partial charge in [-0.05, 0) is 53.2 Å². The van der Waals surface area contributed by atoms with Gasteiger partial charge in [0.1, 0.15) is 0 Å². The average Bonchev–Trinajstić information content (AvgIpc) is 2.75. The molecule has 2 unspecified atom stereocenters. The molecule has 0 amide bonds. The molecule has 1 aromatic rings. The maximum absolute atomic E-state index is 3.67. The smallest absolute Gasteiger partial charge is 0.0397 e. The van der Waals surface area contributed by atoms with Gasteiger partial charge >= 0.3 is 0 Å². The van der Waals surface area contributed by atoms with Crippen molar-refractivity contribution in [2.24, 2.45) is 5.92 Å². The summed E-state index contributed by atoms with van der Waals surface area (Å²) in [5.74, 6) is 0.830. The molecule has 0 bridgehead atoms. The Hall–Kier alpha value is 0.140. The Labute approximate surface area is 118 Å². The normalized spacial score (nSPS) is 14.8. The van der Waals surface area contributed by atoms with E-state index in [0.717, 1.165) is 12.5 Å². The van der Waals surface area contributed by atoms with Crippen LogP contribution in [0, 0.1) is 5.92 Å². The van der Waals surface area contributed by atoms with Gasteiger partial charge < -0.3 is 5.32 Å². The van der Waals surface area contributed by atoms with Crippen molar-refractivity contribution in [1.82, 2.24) is 5.32 Å². The first-order valence-corrected chi connectivity index (χ1v) is 8.32. The number of unbranched alkanes of at least 4 members (excludes halogenated alkanes) is 1. The second-order valence-corrected chi connectivity index (χ2v) is 6.48. The van der Waals surface area contributed by atoms with Crippen molar-refractivity contribution >= 4 is 27.3 Å². The minimum absolute atomic E-state index is 0.458. The summed E-state index contributed by atoms with van der Waals surface area (Å²) >= 11 is 5.43. The lowest BCUT2D eigenvalue weighted by atomic mass is 9.99. The molecule has 0 aliphatic rings. The topological polar surface area (TPSA) is 12.0 Å². The van der Waals surface area contributed by atoms with Gasteiger partial charge in [-0.25, -0.2) is 0 Å². The SMILES string of the molecule is CCCCC(CC)CNC(C)c1sccc1Br. The summed E-state index contributed by atoms with van der Waals surface area (Å²) in [5, 5.41) is 5.81. The zero-order valence-corrected chi connectivity index (χ0v) is 13.5. The maximum Gasteiger partial charge on any atom is 0.0397 e. The molecule has 98 valence electrons. The van der Waals surface area contributed by atoms with Gasteiger partial charge in [0.25, 0.3) is 0 Å². The van der Waals surface area contributed by atoms with Crippen molar-refractivity contribution < 1.29 is 0 Å². The molecular formula is C14H24BrNS. The molecule has 0 radical (unpaired) electrons. The monoisotopic (exact) mass is 317 g/mol. The molecule has 0 aromatic carbocycles. The Balaban J connectivity index is 2.36. The van der Waals surface area contributed by atoms with Crippen molar-refractivity contribution in [3.05, 3.63) is 20.8 Å². The standard InChI is InChI=1S/C14H24BrNS/c1-4-6-7-12(5-2)10-16-11(3)14-13(15)8-9-17-14/h8-9,11-12,16H,4-7,10H2,1-3H3. The van der Waals surface area contributed by atoms with E-state index in [1.807, 2.05) is 11.3 Å². The highest BCUT2D eigenvalue weighted by Gasteiger charge is 2.12. The third-order valence-corrected chi connectivity index (χ3v) is 5.35. The van der Waals surface area contributed by atoms with Gasteiger partial charge in [-0.15, -0.1) is 11.3 Å². The van der Waals surface area contributed by atoms with E-state index in [0.29, 0.717) is 6.04 Å². The van der Waals surface area contributed by atoms with Gasteiger partial charge in [0, 0.05) is 15.4 Å². The molecule has 3 heteroatoms. The molecule has 1 nitrogen and oxygen atoms in total. The van der Waals surface area contributed by atoms with Crippen LogP contribution in [0.15, 0.2) is 15.9 Å². The summed E-state index contributed by atoms with van der Waals surface area (Å²) in [7, 11) is 0. The van der Waals surface area contributed by atoms with Crippen LogP contribution in [0.1, 0.15) is 57.4 Å². The molecule has 0 aliphatic carbocycles. The van der Waals surface area contributed by atoms with Gasteiger partial charge in [0.15, 0.2) is 0 Å². The summed E-state index contributed by atoms with van der Waals surface area (Å²) in [6, 6.07) is 2.59. The Morgan fingerprint density at radius 3 is 2.71 bits per heavy atom. The number of thiophene rings is 1. The van der Waals surface area contributed by atoms with Crippen LogP contribution in [-0.2, 0) is 0 Å². The Morgan fingerprint density at radius 1 is 1.41 bits per heavy atom. The fourth-order valence-corrected chi connectivity index (χ4v) is 3.74. The number of hydrogen-bond donors (Lipinski definition) is 1. The van der Waals surface area contributed by atoms with Gasteiger partial charge in [0.2, 0.25) is 0 Å².